The zero-order chi connectivity index (χ0) is 15.2. The molecule has 0 saturated carbocycles. The number of amides is 1. The number of rotatable bonds is 5. The Morgan fingerprint density at radius 2 is 2.10 bits per heavy atom. The molecule has 1 aromatic carbocycles. The minimum Gasteiger partial charge on any atom is -0.481 e. The number of carbonyl (C=O) groups is 2. The van der Waals surface area contributed by atoms with E-state index in [0.717, 1.165) is 6.42 Å². The lowest BCUT2D eigenvalue weighted by molar-refractivity contribution is -0.137. The summed E-state index contributed by atoms with van der Waals surface area (Å²) in [5.74, 6) is -0.793. The monoisotopic (exact) mass is 287 g/mol. The first kappa shape index (κ1) is 15.3. The van der Waals surface area contributed by atoms with E-state index in [1.165, 1.54) is 16.7 Å². The zero-order valence-electron chi connectivity index (χ0n) is 12.3. The molecule has 1 aromatic rings. The summed E-state index contributed by atoms with van der Waals surface area (Å²) in [5, 5.41) is 8.59. The molecule has 0 atom stereocenters. The highest BCUT2D eigenvalue weighted by Crippen LogP contribution is 2.23. The SMILES string of the molecule is Cc1cccc(C2=CCN(C(=O)CCCC(=O)O)CC2)c1. The Morgan fingerprint density at radius 1 is 1.29 bits per heavy atom. The molecule has 0 unspecified atom stereocenters. The van der Waals surface area contributed by atoms with Gasteiger partial charge in [0, 0.05) is 25.9 Å². The Kier molecular flexibility index (Phi) is 5.14. The average Bonchev–Trinajstić information content (AvgIpc) is 2.47. The van der Waals surface area contributed by atoms with E-state index >= 15 is 0 Å². The van der Waals surface area contributed by atoms with Gasteiger partial charge < -0.3 is 10.0 Å². The van der Waals surface area contributed by atoms with Gasteiger partial charge in [0.05, 0.1) is 0 Å². The molecule has 1 amide bonds. The zero-order valence-corrected chi connectivity index (χ0v) is 12.3. The molecule has 0 saturated heterocycles. The molecular formula is C17H21NO3. The van der Waals surface area contributed by atoms with Gasteiger partial charge in [-0.05, 0) is 30.9 Å². The largest absolute Gasteiger partial charge is 0.481 e. The number of benzene rings is 1. The number of carbonyl (C=O) groups excluding carboxylic acids is 1. The molecule has 1 aliphatic rings. The first-order chi connectivity index (χ1) is 10.1. The van der Waals surface area contributed by atoms with Gasteiger partial charge in [0.1, 0.15) is 0 Å². The second-order valence-electron chi connectivity index (χ2n) is 5.44. The van der Waals surface area contributed by atoms with Gasteiger partial charge >= 0.3 is 5.97 Å². The van der Waals surface area contributed by atoms with Crippen molar-refractivity contribution in [2.45, 2.75) is 32.6 Å². The van der Waals surface area contributed by atoms with E-state index in [4.69, 9.17) is 5.11 Å². The fourth-order valence-electron chi connectivity index (χ4n) is 2.55. The average molecular weight is 287 g/mol. The Labute approximate surface area is 125 Å². The molecule has 0 fully saturated rings. The third kappa shape index (κ3) is 4.45. The fourth-order valence-corrected chi connectivity index (χ4v) is 2.55. The molecule has 0 aromatic heterocycles. The van der Waals surface area contributed by atoms with Crippen LogP contribution in [0.15, 0.2) is 30.3 Å². The van der Waals surface area contributed by atoms with Gasteiger partial charge in [-0.15, -0.1) is 0 Å². The Balaban J connectivity index is 1.89. The highest BCUT2D eigenvalue weighted by atomic mass is 16.4. The summed E-state index contributed by atoms with van der Waals surface area (Å²) >= 11 is 0. The summed E-state index contributed by atoms with van der Waals surface area (Å²) in [4.78, 5) is 24.2. The van der Waals surface area contributed by atoms with Crippen molar-refractivity contribution in [1.82, 2.24) is 4.90 Å². The first-order valence-electron chi connectivity index (χ1n) is 7.32. The number of aliphatic carboxylic acids is 1. The number of nitrogens with zero attached hydrogens (tertiary/aromatic N) is 1. The maximum atomic E-state index is 12.0. The van der Waals surface area contributed by atoms with Crippen LogP contribution in [-0.2, 0) is 9.59 Å². The van der Waals surface area contributed by atoms with Gasteiger partial charge in [-0.3, -0.25) is 9.59 Å². The lowest BCUT2D eigenvalue weighted by Crippen LogP contribution is -2.34. The van der Waals surface area contributed by atoms with Crippen LogP contribution in [0.4, 0.5) is 0 Å². The van der Waals surface area contributed by atoms with Crippen molar-refractivity contribution in [3.8, 4) is 0 Å². The van der Waals surface area contributed by atoms with Crippen molar-refractivity contribution >= 4 is 17.4 Å². The Bertz CT molecular complexity index is 563. The predicted molar refractivity (Wildman–Crippen MR) is 81.8 cm³/mol. The van der Waals surface area contributed by atoms with E-state index in [1.54, 1.807) is 4.90 Å². The summed E-state index contributed by atoms with van der Waals surface area (Å²) in [6, 6.07) is 8.39. The molecule has 2 rings (SSSR count). The van der Waals surface area contributed by atoms with Crippen molar-refractivity contribution in [2.24, 2.45) is 0 Å². The number of carboxylic acids is 1. The van der Waals surface area contributed by atoms with Crippen molar-refractivity contribution < 1.29 is 14.7 Å². The smallest absolute Gasteiger partial charge is 0.303 e. The van der Waals surface area contributed by atoms with E-state index in [-0.39, 0.29) is 12.3 Å². The van der Waals surface area contributed by atoms with Crippen LogP contribution in [0, 0.1) is 6.92 Å². The molecule has 1 N–H and O–H groups in total. The van der Waals surface area contributed by atoms with Gasteiger partial charge in [-0.1, -0.05) is 35.9 Å². The molecule has 112 valence electrons. The van der Waals surface area contributed by atoms with Crippen LogP contribution in [0.25, 0.3) is 5.57 Å². The van der Waals surface area contributed by atoms with Crippen LogP contribution in [0.2, 0.25) is 0 Å². The number of carboxylic acid groups (broad SMARTS) is 1. The van der Waals surface area contributed by atoms with Crippen LogP contribution >= 0.6 is 0 Å². The number of aryl methyl sites for hydroxylation is 1. The van der Waals surface area contributed by atoms with Crippen LogP contribution < -0.4 is 0 Å². The van der Waals surface area contributed by atoms with Crippen molar-refractivity contribution in [2.75, 3.05) is 13.1 Å². The van der Waals surface area contributed by atoms with Crippen LogP contribution in [0.5, 0.6) is 0 Å². The van der Waals surface area contributed by atoms with Crippen LogP contribution in [0.1, 0.15) is 36.8 Å². The van der Waals surface area contributed by atoms with Gasteiger partial charge in [0.2, 0.25) is 5.91 Å². The molecule has 21 heavy (non-hydrogen) atoms. The Hall–Kier alpha value is -2.10. The van der Waals surface area contributed by atoms with Gasteiger partial charge in [0.15, 0.2) is 0 Å². The van der Waals surface area contributed by atoms with E-state index in [1.807, 2.05) is 0 Å². The third-order valence-electron chi connectivity index (χ3n) is 3.73. The molecular weight excluding hydrogens is 266 g/mol. The standard InChI is InChI=1S/C17H21NO3/c1-13-4-2-5-15(12-13)14-8-10-18(11-9-14)16(19)6-3-7-17(20)21/h2,4-5,8,12H,3,6-7,9-11H2,1H3,(H,20,21). The molecule has 4 nitrogen and oxygen atoms in total. The first-order valence-corrected chi connectivity index (χ1v) is 7.32. The number of hydrogen-bond acceptors (Lipinski definition) is 2. The van der Waals surface area contributed by atoms with E-state index in [9.17, 15) is 9.59 Å². The molecule has 0 radical (unpaired) electrons. The summed E-state index contributed by atoms with van der Waals surface area (Å²) < 4.78 is 0. The lowest BCUT2D eigenvalue weighted by Gasteiger charge is -2.27. The highest BCUT2D eigenvalue weighted by Gasteiger charge is 2.17. The molecule has 1 heterocycles. The molecule has 0 spiro atoms. The van der Waals surface area contributed by atoms with Crippen LogP contribution in [0.3, 0.4) is 0 Å². The van der Waals surface area contributed by atoms with Gasteiger partial charge in [-0.2, -0.15) is 0 Å². The fraction of sp³-hybridized carbons (Fsp3) is 0.412. The maximum absolute atomic E-state index is 12.0. The molecule has 4 heteroatoms. The maximum Gasteiger partial charge on any atom is 0.303 e. The minimum atomic E-state index is -0.844. The number of hydrogen-bond donors (Lipinski definition) is 1. The van der Waals surface area contributed by atoms with Crippen molar-refractivity contribution in [3.05, 3.63) is 41.5 Å². The summed E-state index contributed by atoms with van der Waals surface area (Å²) in [7, 11) is 0. The van der Waals surface area contributed by atoms with Crippen LogP contribution in [-0.4, -0.2) is 35.0 Å². The summed E-state index contributed by atoms with van der Waals surface area (Å²) in [6.45, 7) is 3.41. The van der Waals surface area contributed by atoms with Gasteiger partial charge in [0.25, 0.3) is 0 Å². The quantitative estimate of drug-likeness (QED) is 0.906. The topological polar surface area (TPSA) is 57.6 Å². The minimum absolute atomic E-state index is 0.0517. The third-order valence-corrected chi connectivity index (χ3v) is 3.73. The normalized spacial score (nSPS) is 14.7. The summed E-state index contributed by atoms with van der Waals surface area (Å²) in [5.41, 5.74) is 3.75. The van der Waals surface area contributed by atoms with Gasteiger partial charge in [-0.25, -0.2) is 0 Å². The highest BCUT2D eigenvalue weighted by molar-refractivity contribution is 5.79. The molecule has 0 bridgehead atoms. The second kappa shape index (κ2) is 7.07. The molecule has 0 aliphatic carbocycles. The van der Waals surface area contributed by atoms with Crippen molar-refractivity contribution in [3.63, 3.8) is 0 Å². The van der Waals surface area contributed by atoms with E-state index in [2.05, 4.69) is 37.3 Å². The van der Waals surface area contributed by atoms with E-state index < -0.39 is 5.97 Å². The van der Waals surface area contributed by atoms with E-state index in [0.29, 0.717) is 25.9 Å². The predicted octanol–water partition coefficient (Wildman–Crippen LogP) is 2.87. The Morgan fingerprint density at radius 3 is 2.71 bits per heavy atom. The summed E-state index contributed by atoms with van der Waals surface area (Å²) in [6.07, 6.45) is 3.75. The lowest BCUT2D eigenvalue weighted by atomic mass is 9.98. The second-order valence-corrected chi connectivity index (χ2v) is 5.44. The molecule has 1 aliphatic heterocycles. The van der Waals surface area contributed by atoms with Crippen molar-refractivity contribution in [1.29, 1.82) is 0 Å².